The molecule has 0 saturated carbocycles. The van der Waals surface area contributed by atoms with Crippen LogP contribution in [0.15, 0.2) is 0 Å². The van der Waals surface area contributed by atoms with Gasteiger partial charge in [-0.25, -0.2) is 0 Å². The Morgan fingerprint density at radius 1 is 1.36 bits per heavy atom. The maximum atomic E-state index is 13.0. The number of rotatable bonds is 4. The molecule has 5 nitrogen and oxygen atoms in total. The number of amides is 1. The molecule has 1 aromatic heterocycles. The van der Waals surface area contributed by atoms with Crippen molar-refractivity contribution in [3.8, 4) is 0 Å². The summed E-state index contributed by atoms with van der Waals surface area (Å²) in [6.45, 7) is 9.99. The van der Waals surface area contributed by atoms with E-state index < -0.39 is 0 Å². The molecule has 1 saturated heterocycles. The third-order valence-corrected chi connectivity index (χ3v) is 5.27. The van der Waals surface area contributed by atoms with Gasteiger partial charge in [-0.05, 0) is 40.8 Å². The lowest BCUT2D eigenvalue weighted by Crippen LogP contribution is -2.37. The van der Waals surface area contributed by atoms with Crippen molar-refractivity contribution in [2.24, 2.45) is 13.0 Å². The number of nitrogens with zero attached hydrogens (tertiary/aromatic N) is 4. The van der Waals surface area contributed by atoms with Gasteiger partial charge >= 0.3 is 0 Å². The Labute approximate surface area is 134 Å². The first kappa shape index (κ1) is 17.0. The quantitative estimate of drug-likeness (QED) is 0.853. The Balaban J connectivity index is 2.18. The zero-order chi connectivity index (χ0) is 16.6. The van der Waals surface area contributed by atoms with E-state index in [-0.39, 0.29) is 11.8 Å². The molecule has 124 valence electrons. The summed E-state index contributed by atoms with van der Waals surface area (Å²) in [6.07, 6.45) is 1.12. The van der Waals surface area contributed by atoms with E-state index in [1.54, 1.807) is 0 Å². The summed E-state index contributed by atoms with van der Waals surface area (Å²) in [4.78, 5) is 17.3. The van der Waals surface area contributed by atoms with Crippen LogP contribution >= 0.6 is 0 Å². The first-order chi connectivity index (χ1) is 10.3. The molecule has 0 aromatic carbocycles. The first-order valence-corrected chi connectivity index (χ1v) is 8.23. The smallest absolute Gasteiger partial charge is 0.230 e. The van der Waals surface area contributed by atoms with E-state index in [9.17, 15) is 4.79 Å². The van der Waals surface area contributed by atoms with Crippen molar-refractivity contribution >= 4 is 5.91 Å². The zero-order valence-electron chi connectivity index (χ0n) is 15.1. The SMILES string of the molecule is CC[C@@H]1CN(C(=O)[C@H](C)c2c(C)nn(C)c2C)C[C@H]1N(C)C. The van der Waals surface area contributed by atoms with Crippen LogP contribution in [0, 0.1) is 19.8 Å². The van der Waals surface area contributed by atoms with E-state index in [2.05, 4.69) is 35.9 Å². The number of carbonyl (C=O) groups is 1. The van der Waals surface area contributed by atoms with Crippen molar-refractivity contribution in [1.82, 2.24) is 19.6 Å². The summed E-state index contributed by atoms with van der Waals surface area (Å²) in [6, 6.07) is 0.470. The van der Waals surface area contributed by atoms with Crippen LogP contribution in [-0.2, 0) is 11.8 Å². The highest BCUT2D eigenvalue weighted by atomic mass is 16.2. The Morgan fingerprint density at radius 2 is 2.00 bits per heavy atom. The minimum atomic E-state index is -0.118. The van der Waals surface area contributed by atoms with Crippen LogP contribution in [0.1, 0.15) is 43.1 Å². The Hall–Kier alpha value is -1.36. The topological polar surface area (TPSA) is 41.4 Å². The van der Waals surface area contributed by atoms with Gasteiger partial charge in [0, 0.05) is 37.4 Å². The summed E-state index contributed by atoms with van der Waals surface area (Å²) in [7, 11) is 6.16. The number of likely N-dealkylation sites (N-methyl/N-ethyl adjacent to an activating group) is 1. The summed E-state index contributed by atoms with van der Waals surface area (Å²) in [5, 5.41) is 4.45. The normalized spacial score (nSPS) is 23.4. The van der Waals surface area contributed by atoms with Crippen LogP contribution in [0.5, 0.6) is 0 Å². The van der Waals surface area contributed by atoms with Gasteiger partial charge in [-0.15, -0.1) is 0 Å². The van der Waals surface area contributed by atoms with Crippen molar-refractivity contribution in [2.45, 2.75) is 46.1 Å². The van der Waals surface area contributed by atoms with Gasteiger partial charge in [0.25, 0.3) is 0 Å². The largest absolute Gasteiger partial charge is 0.340 e. The second-order valence-electron chi connectivity index (χ2n) is 6.87. The third kappa shape index (κ3) is 2.91. The molecule has 1 aliphatic heterocycles. The number of aromatic nitrogens is 2. The second-order valence-corrected chi connectivity index (χ2v) is 6.87. The van der Waals surface area contributed by atoms with Crippen LogP contribution in [0.2, 0.25) is 0 Å². The molecule has 5 heteroatoms. The lowest BCUT2D eigenvalue weighted by atomic mass is 9.97. The van der Waals surface area contributed by atoms with Gasteiger partial charge < -0.3 is 9.80 Å². The zero-order valence-corrected chi connectivity index (χ0v) is 15.1. The third-order valence-electron chi connectivity index (χ3n) is 5.27. The Bertz CT molecular complexity index is 549. The molecule has 0 aliphatic carbocycles. The number of hydrogen-bond acceptors (Lipinski definition) is 3. The lowest BCUT2D eigenvalue weighted by molar-refractivity contribution is -0.131. The molecule has 2 rings (SSSR count). The van der Waals surface area contributed by atoms with E-state index in [1.807, 2.05) is 32.5 Å². The molecule has 0 spiro atoms. The molecule has 2 heterocycles. The minimum absolute atomic E-state index is 0.118. The highest BCUT2D eigenvalue weighted by Crippen LogP contribution is 2.29. The molecular weight excluding hydrogens is 276 g/mol. The molecule has 3 atom stereocenters. The molecule has 0 N–H and O–H groups in total. The van der Waals surface area contributed by atoms with E-state index in [0.29, 0.717) is 12.0 Å². The monoisotopic (exact) mass is 306 g/mol. The van der Waals surface area contributed by atoms with Crippen LogP contribution in [-0.4, -0.2) is 58.7 Å². The summed E-state index contributed by atoms with van der Waals surface area (Å²) in [5.41, 5.74) is 3.15. The standard InChI is InChI=1S/C17H30N4O/c1-8-14-9-21(10-15(14)19(5)6)17(22)11(2)16-12(3)18-20(7)13(16)4/h11,14-15H,8-10H2,1-7H3/t11-,14-,15-/m1/s1. The predicted molar refractivity (Wildman–Crippen MR) is 88.9 cm³/mol. The van der Waals surface area contributed by atoms with Crippen molar-refractivity contribution in [1.29, 1.82) is 0 Å². The number of carbonyl (C=O) groups excluding carboxylic acids is 1. The highest BCUT2D eigenvalue weighted by Gasteiger charge is 2.37. The van der Waals surface area contributed by atoms with E-state index in [0.717, 1.165) is 36.5 Å². The molecule has 1 fully saturated rings. The summed E-state index contributed by atoms with van der Waals surface area (Å²) in [5.74, 6) is 0.691. The highest BCUT2D eigenvalue weighted by molar-refractivity contribution is 5.84. The van der Waals surface area contributed by atoms with E-state index in [4.69, 9.17) is 0 Å². The molecule has 0 radical (unpaired) electrons. The van der Waals surface area contributed by atoms with Crippen LogP contribution in [0.4, 0.5) is 0 Å². The molecule has 1 amide bonds. The van der Waals surface area contributed by atoms with Gasteiger partial charge in [-0.3, -0.25) is 9.48 Å². The average Bonchev–Trinajstić information content (AvgIpc) is 3.00. The molecule has 1 aromatic rings. The van der Waals surface area contributed by atoms with Gasteiger partial charge in [0.1, 0.15) is 0 Å². The number of likely N-dealkylation sites (tertiary alicyclic amines) is 1. The van der Waals surface area contributed by atoms with E-state index in [1.165, 1.54) is 0 Å². The van der Waals surface area contributed by atoms with Crippen LogP contribution in [0.25, 0.3) is 0 Å². The van der Waals surface area contributed by atoms with Crippen molar-refractivity contribution in [2.75, 3.05) is 27.2 Å². The van der Waals surface area contributed by atoms with Crippen molar-refractivity contribution < 1.29 is 4.79 Å². The van der Waals surface area contributed by atoms with Crippen LogP contribution in [0.3, 0.4) is 0 Å². The lowest BCUT2D eigenvalue weighted by Gasteiger charge is -2.24. The maximum Gasteiger partial charge on any atom is 0.230 e. The molecule has 0 unspecified atom stereocenters. The van der Waals surface area contributed by atoms with E-state index >= 15 is 0 Å². The molecule has 22 heavy (non-hydrogen) atoms. The molecule has 0 bridgehead atoms. The van der Waals surface area contributed by atoms with Gasteiger partial charge in [0.05, 0.1) is 11.6 Å². The van der Waals surface area contributed by atoms with Crippen molar-refractivity contribution in [3.05, 3.63) is 17.0 Å². The fourth-order valence-corrected chi connectivity index (χ4v) is 3.83. The van der Waals surface area contributed by atoms with Gasteiger partial charge in [-0.1, -0.05) is 13.3 Å². The predicted octanol–water partition coefficient (Wildman–Crippen LogP) is 1.94. The minimum Gasteiger partial charge on any atom is -0.340 e. The Kier molecular flexibility index (Phi) is 4.95. The summed E-state index contributed by atoms with van der Waals surface area (Å²) >= 11 is 0. The number of aryl methyl sites for hydroxylation is 2. The van der Waals surface area contributed by atoms with Gasteiger partial charge in [0.15, 0.2) is 0 Å². The second kappa shape index (κ2) is 6.41. The number of hydrogen-bond donors (Lipinski definition) is 0. The van der Waals surface area contributed by atoms with Crippen LogP contribution < -0.4 is 0 Å². The Morgan fingerprint density at radius 3 is 2.41 bits per heavy atom. The molecular formula is C17H30N4O. The maximum absolute atomic E-state index is 13.0. The first-order valence-electron chi connectivity index (χ1n) is 8.23. The van der Waals surface area contributed by atoms with Gasteiger partial charge in [-0.2, -0.15) is 5.10 Å². The van der Waals surface area contributed by atoms with Crippen molar-refractivity contribution in [3.63, 3.8) is 0 Å². The summed E-state index contributed by atoms with van der Waals surface area (Å²) < 4.78 is 1.87. The molecule has 1 aliphatic rings. The fourth-order valence-electron chi connectivity index (χ4n) is 3.83. The fraction of sp³-hybridized carbons (Fsp3) is 0.765. The van der Waals surface area contributed by atoms with Gasteiger partial charge in [0.2, 0.25) is 5.91 Å². The average molecular weight is 306 g/mol.